The molecule has 5 aliphatic rings. The standard InChI is InChI=1S/C41H45F2N5O6/c1-3-29-31(42)10-7-23-16-25(49)19-30(33(23)29)36-35(43)37-34(39(44-36)51-2)38(47-14-15-52-21-26(50)20-47)46-40(45-37)53-22-41-11-4-6-32(41)48(13-5-12-41)24-17-27-8-9-28(18-24)54-27/h1,7,10,16,19,24,26-28,32,49-50H,4-6,8-9,11-15,17-18,20-22H2,2H3. The zero-order valence-electron chi connectivity index (χ0n) is 30.4. The van der Waals surface area contributed by atoms with E-state index >= 15 is 8.78 Å². The molecule has 0 radical (unpaired) electrons. The minimum absolute atomic E-state index is 0.000519. The Morgan fingerprint density at radius 3 is 2.65 bits per heavy atom. The third-order valence-corrected chi connectivity index (χ3v) is 12.5. The highest BCUT2D eigenvalue weighted by atomic mass is 19.1. The molecule has 2 aromatic heterocycles. The number of likely N-dealkylation sites (tertiary alicyclic amines) is 1. The molecule has 2 N–H and O–H groups in total. The Kier molecular flexibility index (Phi) is 9.20. The van der Waals surface area contributed by atoms with Gasteiger partial charge in [-0.15, -0.1) is 6.42 Å². The Bertz CT molecular complexity index is 2140. The van der Waals surface area contributed by atoms with E-state index in [9.17, 15) is 10.2 Å². The first-order valence-electron chi connectivity index (χ1n) is 19.2. The van der Waals surface area contributed by atoms with Crippen LogP contribution in [0.1, 0.15) is 63.4 Å². The fourth-order valence-corrected chi connectivity index (χ4v) is 10.1. The summed E-state index contributed by atoms with van der Waals surface area (Å²) in [5.74, 6) is 0.979. The van der Waals surface area contributed by atoms with Gasteiger partial charge in [-0.3, -0.25) is 4.90 Å². The molecule has 0 amide bonds. The van der Waals surface area contributed by atoms with E-state index in [4.69, 9.17) is 35.3 Å². The van der Waals surface area contributed by atoms with Crippen molar-refractivity contribution in [3.8, 4) is 41.2 Å². The van der Waals surface area contributed by atoms with Crippen molar-refractivity contribution in [2.75, 3.05) is 51.5 Å². The largest absolute Gasteiger partial charge is 0.508 e. The summed E-state index contributed by atoms with van der Waals surface area (Å²) in [4.78, 5) is 18.7. The van der Waals surface area contributed by atoms with Crippen LogP contribution in [0.25, 0.3) is 32.9 Å². The molecule has 54 heavy (non-hydrogen) atoms. The number of terminal acetylenes is 1. The van der Waals surface area contributed by atoms with Gasteiger partial charge in [0.2, 0.25) is 5.88 Å². The average Bonchev–Trinajstić information content (AvgIpc) is 3.69. The maximum atomic E-state index is 17.3. The lowest BCUT2D eigenvalue weighted by Gasteiger charge is -2.50. The second kappa shape index (κ2) is 14.1. The van der Waals surface area contributed by atoms with Crippen molar-refractivity contribution in [2.24, 2.45) is 5.41 Å². The molecule has 1 saturated carbocycles. The number of aliphatic hydroxyl groups excluding tert-OH is 1. The Balaban J connectivity index is 1.15. The third kappa shape index (κ3) is 6.08. The molecule has 11 nitrogen and oxygen atoms in total. The summed E-state index contributed by atoms with van der Waals surface area (Å²) in [6, 6.07) is 6.28. The van der Waals surface area contributed by atoms with Crippen LogP contribution in [0.15, 0.2) is 24.3 Å². The highest BCUT2D eigenvalue weighted by Gasteiger charge is 2.51. The lowest BCUT2D eigenvalue weighted by atomic mass is 9.74. The van der Waals surface area contributed by atoms with Crippen molar-refractivity contribution < 1.29 is 37.9 Å². The first-order chi connectivity index (χ1) is 26.2. The quantitative estimate of drug-likeness (QED) is 0.226. The normalized spacial score (nSPS) is 28.6. The molecule has 0 spiro atoms. The van der Waals surface area contributed by atoms with Crippen molar-refractivity contribution >= 4 is 27.5 Å². The maximum absolute atomic E-state index is 17.3. The van der Waals surface area contributed by atoms with Crippen molar-refractivity contribution in [3.63, 3.8) is 0 Å². The third-order valence-electron chi connectivity index (χ3n) is 12.5. The molecule has 4 saturated heterocycles. The zero-order valence-corrected chi connectivity index (χ0v) is 30.4. The van der Waals surface area contributed by atoms with E-state index in [2.05, 4.69) is 15.8 Å². The van der Waals surface area contributed by atoms with Crippen LogP contribution in [-0.2, 0) is 9.47 Å². The smallest absolute Gasteiger partial charge is 0.319 e. The first-order valence-corrected chi connectivity index (χ1v) is 19.2. The number of hydrogen-bond acceptors (Lipinski definition) is 11. The van der Waals surface area contributed by atoms with Crippen molar-refractivity contribution in [3.05, 3.63) is 41.5 Å². The number of pyridine rings is 1. The maximum Gasteiger partial charge on any atom is 0.319 e. The number of piperidine rings is 1. The number of phenolic OH excluding ortho intramolecular Hbond substituents is 1. The predicted molar refractivity (Wildman–Crippen MR) is 198 cm³/mol. The predicted octanol–water partition coefficient (Wildman–Crippen LogP) is 5.74. The molecular weight excluding hydrogens is 696 g/mol. The molecule has 1 aliphatic carbocycles. The van der Waals surface area contributed by atoms with E-state index in [0.29, 0.717) is 49.4 Å². The molecule has 284 valence electrons. The number of ether oxygens (including phenoxy) is 4. The van der Waals surface area contributed by atoms with E-state index in [-0.39, 0.29) is 75.1 Å². The van der Waals surface area contributed by atoms with E-state index in [0.717, 1.165) is 64.3 Å². The highest BCUT2D eigenvalue weighted by molar-refractivity contribution is 6.04. The van der Waals surface area contributed by atoms with Crippen LogP contribution in [0.2, 0.25) is 0 Å². The van der Waals surface area contributed by atoms with Crippen molar-refractivity contribution in [2.45, 2.75) is 88.2 Å². The molecule has 4 aliphatic heterocycles. The monoisotopic (exact) mass is 741 g/mol. The fraction of sp³-hybridized carbons (Fsp3) is 0.537. The topological polar surface area (TPSA) is 123 Å². The van der Waals surface area contributed by atoms with Crippen LogP contribution < -0.4 is 14.4 Å². The number of methoxy groups -OCH3 is 1. The number of aliphatic hydroxyl groups is 1. The molecular formula is C41H45F2N5O6. The fourth-order valence-electron chi connectivity index (χ4n) is 10.1. The molecule has 5 atom stereocenters. The Hall–Kier alpha value is -4.35. The van der Waals surface area contributed by atoms with Gasteiger partial charge in [-0.05, 0) is 81.5 Å². The van der Waals surface area contributed by atoms with Crippen molar-refractivity contribution in [1.29, 1.82) is 0 Å². The van der Waals surface area contributed by atoms with Crippen LogP contribution >= 0.6 is 0 Å². The van der Waals surface area contributed by atoms with Gasteiger partial charge in [0, 0.05) is 41.5 Å². The summed E-state index contributed by atoms with van der Waals surface area (Å²) in [5.41, 5.74) is -0.478. The molecule has 13 heteroatoms. The van der Waals surface area contributed by atoms with Gasteiger partial charge in [-0.1, -0.05) is 18.4 Å². The number of aromatic nitrogens is 3. The van der Waals surface area contributed by atoms with Gasteiger partial charge >= 0.3 is 6.01 Å². The van der Waals surface area contributed by atoms with Gasteiger partial charge in [-0.25, -0.2) is 13.8 Å². The van der Waals surface area contributed by atoms with E-state index in [1.807, 2.05) is 4.90 Å². The summed E-state index contributed by atoms with van der Waals surface area (Å²) in [7, 11) is 1.41. The number of hydrogen-bond donors (Lipinski definition) is 2. The van der Waals surface area contributed by atoms with Gasteiger partial charge in [0.25, 0.3) is 0 Å². The molecule has 5 fully saturated rings. The molecule has 5 unspecified atom stereocenters. The van der Waals surface area contributed by atoms with E-state index < -0.39 is 17.7 Å². The van der Waals surface area contributed by atoms with Gasteiger partial charge in [0.05, 0.1) is 50.8 Å². The average molecular weight is 742 g/mol. The van der Waals surface area contributed by atoms with Gasteiger partial charge in [0.1, 0.15) is 34.0 Å². The minimum Gasteiger partial charge on any atom is -0.508 e. The molecule has 4 aromatic rings. The molecule has 2 aromatic carbocycles. The van der Waals surface area contributed by atoms with Crippen LogP contribution in [0, 0.1) is 29.4 Å². The molecule has 2 bridgehead atoms. The van der Waals surface area contributed by atoms with Crippen molar-refractivity contribution in [1.82, 2.24) is 19.9 Å². The number of anilines is 1. The van der Waals surface area contributed by atoms with E-state index in [1.54, 1.807) is 0 Å². The summed E-state index contributed by atoms with van der Waals surface area (Å²) < 4.78 is 56.6. The van der Waals surface area contributed by atoms with Gasteiger partial charge in [0.15, 0.2) is 5.82 Å². The van der Waals surface area contributed by atoms with Crippen LogP contribution in [0.3, 0.4) is 0 Å². The number of aromatic hydroxyl groups is 1. The number of fused-ring (bicyclic) bond motifs is 5. The second-order valence-corrected chi connectivity index (χ2v) is 15.7. The summed E-state index contributed by atoms with van der Waals surface area (Å²) in [6.07, 6.45) is 15.4. The van der Waals surface area contributed by atoms with Gasteiger partial charge in [-0.2, -0.15) is 9.97 Å². The van der Waals surface area contributed by atoms with E-state index in [1.165, 1.54) is 31.4 Å². The Labute approximate surface area is 312 Å². The minimum atomic E-state index is -0.847. The number of rotatable bonds is 7. The summed E-state index contributed by atoms with van der Waals surface area (Å²) in [5, 5.41) is 22.3. The summed E-state index contributed by atoms with van der Waals surface area (Å²) in [6.45, 7) is 2.41. The number of nitrogens with zero attached hydrogens (tertiary/aromatic N) is 5. The molecule has 9 rings (SSSR count). The highest BCUT2D eigenvalue weighted by Crippen LogP contribution is 2.51. The van der Waals surface area contributed by atoms with Crippen LogP contribution in [0.4, 0.5) is 14.6 Å². The lowest BCUT2D eigenvalue weighted by Crippen LogP contribution is -2.57. The van der Waals surface area contributed by atoms with Crippen LogP contribution in [-0.4, -0.2) is 107 Å². The second-order valence-electron chi connectivity index (χ2n) is 15.7. The van der Waals surface area contributed by atoms with Crippen LogP contribution in [0.5, 0.6) is 17.6 Å². The number of halogens is 2. The molecule has 6 heterocycles. The zero-order chi connectivity index (χ0) is 37.1. The SMILES string of the molecule is C#Cc1c(F)ccc2cc(O)cc(-c3nc(OC)c4c(N5CCOCC(O)C5)nc(OCC56CCCC5N(C5CC7CCC(C5)O7)CCC6)nc4c3F)c12. The Morgan fingerprint density at radius 2 is 1.85 bits per heavy atom. The number of β-amino-alcohol motifs (C(OH)–C–C–N with tert-alkyl or cyclic N) is 1. The lowest BCUT2D eigenvalue weighted by molar-refractivity contribution is -0.0798. The first kappa shape index (κ1) is 35.4. The Morgan fingerprint density at radius 1 is 1.04 bits per heavy atom. The number of phenols is 1. The van der Waals surface area contributed by atoms with Gasteiger partial charge < -0.3 is 34.1 Å². The number of benzene rings is 2. The summed E-state index contributed by atoms with van der Waals surface area (Å²) >= 11 is 0.